The Labute approximate surface area is 139 Å². The Bertz CT molecular complexity index is 804. The second kappa shape index (κ2) is 7.12. The number of esters is 2. The molecule has 6 nitrogen and oxygen atoms in total. The predicted octanol–water partition coefficient (Wildman–Crippen LogP) is 2.77. The molecule has 0 unspecified atom stereocenters. The Hall–Kier alpha value is -2.89. The molecule has 1 aromatic heterocycles. The Kier molecular flexibility index (Phi) is 5.18. The number of ether oxygens (including phenoxy) is 2. The fraction of sp³-hybridized carbons (Fsp3) is 0.278. The number of ketones is 1. The maximum Gasteiger partial charge on any atom is 0.339 e. The molecule has 0 spiro atoms. The number of aromatic amines is 1. The summed E-state index contributed by atoms with van der Waals surface area (Å²) in [5.41, 5.74) is 2.89. The van der Waals surface area contributed by atoms with Crippen molar-refractivity contribution in [1.29, 1.82) is 0 Å². The summed E-state index contributed by atoms with van der Waals surface area (Å²) in [6.45, 7) is 4.77. The first-order valence-electron chi connectivity index (χ1n) is 7.39. The first-order valence-corrected chi connectivity index (χ1v) is 7.39. The van der Waals surface area contributed by atoms with Crippen LogP contribution in [-0.2, 0) is 9.47 Å². The first kappa shape index (κ1) is 17.5. The molecule has 0 atom stereocenters. The van der Waals surface area contributed by atoms with Crippen LogP contribution in [0.2, 0.25) is 0 Å². The van der Waals surface area contributed by atoms with Gasteiger partial charge in [-0.2, -0.15) is 0 Å². The van der Waals surface area contributed by atoms with Crippen molar-refractivity contribution in [2.45, 2.75) is 20.8 Å². The zero-order valence-electron chi connectivity index (χ0n) is 14.1. The number of aromatic nitrogens is 1. The number of hydrogen-bond acceptors (Lipinski definition) is 5. The van der Waals surface area contributed by atoms with E-state index in [1.54, 1.807) is 32.0 Å². The van der Waals surface area contributed by atoms with Gasteiger partial charge in [0.15, 0.2) is 6.61 Å². The topological polar surface area (TPSA) is 85.5 Å². The largest absolute Gasteiger partial charge is 0.465 e. The normalized spacial score (nSPS) is 10.3. The maximum atomic E-state index is 12.3. The highest BCUT2D eigenvalue weighted by Crippen LogP contribution is 2.19. The van der Waals surface area contributed by atoms with E-state index in [1.807, 2.05) is 13.0 Å². The summed E-state index contributed by atoms with van der Waals surface area (Å²) in [5, 5.41) is 0. The van der Waals surface area contributed by atoms with Gasteiger partial charge in [0.2, 0.25) is 5.78 Å². The van der Waals surface area contributed by atoms with Crippen molar-refractivity contribution < 1.29 is 23.9 Å². The minimum absolute atomic E-state index is 0.241. The van der Waals surface area contributed by atoms with Crippen molar-refractivity contribution in [3.05, 3.63) is 57.9 Å². The highest BCUT2D eigenvalue weighted by Gasteiger charge is 2.23. The van der Waals surface area contributed by atoms with Crippen LogP contribution < -0.4 is 0 Å². The number of rotatable bonds is 5. The number of benzene rings is 1. The van der Waals surface area contributed by atoms with Crippen LogP contribution in [0.5, 0.6) is 0 Å². The fourth-order valence-corrected chi connectivity index (χ4v) is 2.50. The number of carbonyl (C=O) groups excluding carboxylic acids is 3. The maximum absolute atomic E-state index is 12.3. The zero-order chi connectivity index (χ0) is 17.9. The number of Topliss-reactive ketones (excluding diaryl/α,β-unsaturated/α-hetero) is 1. The van der Waals surface area contributed by atoms with Crippen LogP contribution >= 0.6 is 0 Å². The average molecular weight is 329 g/mol. The van der Waals surface area contributed by atoms with E-state index in [4.69, 9.17) is 9.47 Å². The van der Waals surface area contributed by atoms with Crippen molar-refractivity contribution in [1.82, 2.24) is 4.98 Å². The molecule has 2 aromatic rings. The van der Waals surface area contributed by atoms with Crippen LogP contribution in [-0.4, -0.2) is 36.4 Å². The summed E-state index contributed by atoms with van der Waals surface area (Å²) in [6, 6.07) is 6.92. The average Bonchev–Trinajstić information content (AvgIpc) is 2.86. The number of H-pyrrole nitrogens is 1. The second-order valence-corrected chi connectivity index (χ2v) is 5.49. The number of methoxy groups -OCH3 is 1. The molecule has 0 aliphatic heterocycles. The quantitative estimate of drug-likeness (QED) is 0.673. The minimum atomic E-state index is -0.568. The molecule has 0 saturated heterocycles. The summed E-state index contributed by atoms with van der Waals surface area (Å²) in [5.74, 6) is -1.50. The molecule has 1 aromatic carbocycles. The molecule has 0 aliphatic carbocycles. The van der Waals surface area contributed by atoms with Crippen LogP contribution in [0, 0.1) is 20.8 Å². The molecule has 0 bridgehead atoms. The van der Waals surface area contributed by atoms with Gasteiger partial charge in [0.05, 0.1) is 23.9 Å². The van der Waals surface area contributed by atoms with Crippen LogP contribution in [0.1, 0.15) is 48.0 Å². The molecular formula is C18H19NO5. The van der Waals surface area contributed by atoms with E-state index in [0.29, 0.717) is 22.4 Å². The molecule has 0 fully saturated rings. The Morgan fingerprint density at radius 3 is 2.42 bits per heavy atom. The van der Waals surface area contributed by atoms with Crippen molar-refractivity contribution in [3.63, 3.8) is 0 Å². The third-order valence-electron chi connectivity index (χ3n) is 3.69. The van der Waals surface area contributed by atoms with E-state index < -0.39 is 24.3 Å². The molecule has 0 amide bonds. The van der Waals surface area contributed by atoms with E-state index in [9.17, 15) is 14.4 Å². The molecule has 1 N–H and O–H groups in total. The van der Waals surface area contributed by atoms with Gasteiger partial charge in [-0.25, -0.2) is 9.59 Å². The highest BCUT2D eigenvalue weighted by molar-refractivity contribution is 6.03. The fourth-order valence-electron chi connectivity index (χ4n) is 2.50. The smallest absolute Gasteiger partial charge is 0.339 e. The standard InChI is InChI=1S/C18H19NO5/c1-10-6-5-7-13(8-10)17(21)24-9-14(20)16-11(2)15(12(3)19-16)18(22)23-4/h5-8,19H,9H2,1-4H3. The molecule has 6 heteroatoms. The number of nitrogens with one attached hydrogen (secondary N) is 1. The third kappa shape index (κ3) is 3.53. The lowest BCUT2D eigenvalue weighted by molar-refractivity contribution is 0.0473. The van der Waals surface area contributed by atoms with E-state index >= 15 is 0 Å². The summed E-state index contributed by atoms with van der Waals surface area (Å²) in [4.78, 5) is 38.9. The van der Waals surface area contributed by atoms with Crippen LogP contribution in [0.15, 0.2) is 24.3 Å². The zero-order valence-corrected chi connectivity index (χ0v) is 14.1. The number of hydrogen-bond donors (Lipinski definition) is 1. The Morgan fingerprint density at radius 1 is 1.08 bits per heavy atom. The highest BCUT2D eigenvalue weighted by atomic mass is 16.5. The monoisotopic (exact) mass is 329 g/mol. The molecule has 0 saturated carbocycles. The van der Waals surface area contributed by atoms with Gasteiger partial charge in [-0.15, -0.1) is 0 Å². The molecule has 0 radical (unpaired) electrons. The third-order valence-corrected chi connectivity index (χ3v) is 3.69. The summed E-state index contributed by atoms with van der Waals surface area (Å²) >= 11 is 0. The summed E-state index contributed by atoms with van der Waals surface area (Å²) in [6.07, 6.45) is 0. The number of aryl methyl sites for hydroxylation is 2. The van der Waals surface area contributed by atoms with Gasteiger partial charge in [0, 0.05) is 5.69 Å². The van der Waals surface area contributed by atoms with Gasteiger partial charge in [0.25, 0.3) is 0 Å². The van der Waals surface area contributed by atoms with Crippen molar-refractivity contribution >= 4 is 17.7 Å². The van der Waals surface area contributed by atoms with Crippen molar-refractivity contribution in [3.8, 4) is 0 Å². The summed E-state index contributed by atoms with van der Waals surface area (Å²) < 4.78 is 9.77. The van der Waals surface area contributed by atoms with Crippen LogP contribution in [0.3, 0.4) is 0 Å². The van der Waals surface area contributed by atoms with Gasteiger partial charge < -0.3 is 14.5 Å². The number of carbonyl (C=O) groups is 3. The van der Waals surface area contributed by atoms with E-state index in [-0.39, 0.29) is 5.69 Å². The molecule has 24 heavy (non-hydrogen) atoms. The molecule has 126 valence electrons. The Morgan fingerprint density at radius 2 is 1.79 bits per heavy atom. The van der Waals surface area contributed by atoms with Gasteiger partial charge in [-0.05, 0) is 38.5 Å². The lowest BCUT2D eigenvalue weighted by Crippen LogP contribution is -2.15. The molecular weight excluding hydrogens is 310 g/mol. The van der Waals surface area contributed by atoms with Gasteiger partial charge >= 0.3 is 11.9 Å². The van der Waals surface area contributed by atoms with Crippen LogP contribution in [0.25, 0.3) is 0 Å². The molecule has 0 aliphatic rings. The molecule has 2 rings (SSSR count). The van der Waals surface area contributed by atoms with Gasteiger partial charge in [-0.1, -0.05) is 17.7 Å². The van der Waals surface area contributed by atoms with Crippen LogP contribution in [0.4, 0.5) is 0 Å². The van der Waals surface area contributed by atoms with E-state index in [0.717, 1.165) is 5.56 Å². The lowest BCUT2D eigenvalue weighted by Gasteiger charge is -2.05. The van der Waals surface area contributed by atoms with Crippen molar-refractivity contribution in [2.75, 3.05) is 13.7 Å². The van der Waals surface area contributed by atoms with Gasteiger partial charge in [0.1, 0.15) is 0 Å². The van der Waals surface area contributed by atoms with Gasteiger partial charge in [-0.3, -0.25) is 4.79 Å². The van der Waals surface area contributed by atoms with E-state index in [1.165, 1.54) is 7.11 Å². The van der Waals surface area contributed by atoms with Crippen molar-refractivity contribution in [2.24, 2.45) is 0 Å². The van der Waals surface area contributed by atoms with E-state index in [2.05, 4.69) is 4.98 Å². The Balaban J connectivity index is 2.11. The summed E-state index contributed by atoms with van der Waals surface area (Å²) in [7, 11) is 1.28. The predicted molar refractivity (Wildman–Crippen MR) is 87.4 cm³/mol. The SMILES string of the molecule is COC(=O)c1c(C)[nH]c(C(=O)COC(=O)c2cccc(C)c2)c1C. The minimum Gasteiger partial charge on any atom is -0.465 e. The first-order chi connectivity index (χ1) is 11.3. The lowest BCUT2D eigenvalue weighted by atomic mass is 10.1. The molecule has 1 heterocycles. The second-order valence-electron chi connectivity index (χ2n) is 5.49.